The minimum atomic E-state index is 0.520. The Kier molecular flexibility index (Phi) is 3.50. The first-order chi connectivity index (χ1) is 9.31. The normalized spacial score (nSPS) is 30.2. The highest BCUT2D eigenvalue weighted by atomic mass is 15.2. The van der Waals surface area contributed by atoms with Crippen LogP contribution in [-0.4, -0.2) is 35.6 Å². The fourth-order valence-electron chi connectivity index (χ4n) is 3.72. The van der Waals surface area contributed by atoms with Gasteiger partial charge in [-0.1, -0.05) is 6.92 Å². The maximum atomic E-state index is 8.92. The van der Waals surface area contributed by atoms with E-state index in [1.54, 1.807) is 6.20 Å². The van der Waals surface area contributed by atoms with Gasteiger partial charge in [0.25, 0.3) is 0 Å². The van der Waals surface area contributed by atoms with E-state index in [4.69, 9.17) is 5.26 Å². The van der Waals surface area contributed by atoms with Gasteiger partial charge in [-0.15, -0.1) is 0 Å². The minimum absolute atomic E-state index is 0.520. The van der Waals surface area contributed by atoms with Crippen LogP contribution in [0.5, 0.6) is 0 Å². The van der Waals surface area contributed by atoms with Gasteiger partial charge in [-0.3, -0.25) is 4.90 Å². The molecule has 2 saturated heterocycles. The molecule has 1 aromatic heterocycles. The van der Waals surface area contributed by atoms with Crippen LogP contribution in [0.25, 0.3) is 0 Å². The van der Waals surface area contributed by atoms with E-state index in [0.29, 0.717) is 11.7 Å². The Morgan fingerprint density at radius 3 is 3.21 bits per heavy atom. The summed E-state index contributed by atoms with van der Waals surface area (Å²) in [5, 5.41) is 12.4. The number of aromatic nitrogens is 1. The first kappa shape index (κ1) is 12.6. The van der Waals surface area contributed by atoms with Crippen molar-refractivity contribution in [1.82, 2.24) is 15.2 Å². The highest BCUT2D eigenvalue weighted by Gasteiger charge is 2.42. The number of nitriles is 1. The Bertz CT molecular complexity index is 493. The zero-order chi connectivity index (χ0) is 13.2. The van der Waals surface area contributed by atoms with E-state index in [0.717, 1.165) is 24.9 Å². The first-order valence-electron chi connectivity index (χ1n) is 7.11. The fourth-order valence-corrected chi connectivity index (χ4v) is 3.72. The lowest BCUT2D eigenvalue weighted by molar-refractivity contribution is 0.210. The number of likely N-dealkylation sites (tertiary alicyclic amines) is 1. The molecule has 2 fully saturated rings. The highest BCUT2D eigenvalue weighted by Crippen LogP contribution is 2.35. The van der Waals surface area contributed by atoms with E-state index < -0.39 is 0 Å². The van der Waals surface area contributed by atoms with E-state index in [1.165, 1.54) is 25.1 Å². The lowest BCUT2D eigenvalue weighted by Gasteiger charge is -2.26. The zero-order valence-electron chi connectivity index (χ0n) is 11.3. The van der Waals surface area contributed by atoms with Crippen molar-refractivity contribution in [3.63, 3.8) is 0 Å². The molecule has 100 valence electrons. The highest BCUT2D eigenvalue weighted by molar-refractivity contribution is 5.25. The molecule has 2 aliphatic heterocycles. The topological polar surface area (TPSA) is 52.0 Å². The molecule has 1 aromatic rings. The van der Waals surface area contributed by atoms with Gasteiger partial charge in [0, 0.05) is 25.3 Å². The molecule has 0 radical (unpaired) electrons. The van der Waals surface area contributed by atoms with Gasteiger partial charge >= 0.3 is 0 Å². The number of hydrogen-bond acceptors (Lipinski definition) is 4. The number of nitrogens with zero attached hydrogens (tertiary/aromatic N) is 3. The monoisotopic (exact) mass is 256 g/mol. The third-order valence-corrected chi connectivity index (χ3v) is 4.57. The van der Waals surface area contributed by atoms with Crippen molar-refractivity contribution >= 4 is 0 Å². The average Bonchev–Trinajstić information content (AvgIpc) is 2.99. The van der Waals surface area contributed by atoms with Crippen molar-refractivity contribution in [3.8, 4) is 6.07 Å². The Balaban J connectivity index is 1.74. The summed E-state index contributed by atoms with van der Waals surface area (Å²) in [6, 6.07) is 6.74. The predicted molar refractivity (Wildman–Crippen MR) is 73.3 cm³/mol. The Labute approximate surface area is 114 Å². The quantitative estimate of drug-likeness (QED) is 0.888. The fraction of sp³-hybridized carbons (Fsp3) is 0.600. The van der Waals surface area contributed by atoms with Gasteiger partial charge < -0.3 is 5.32 Å². The van der Waals surface area contributed by atoms with E-state index >= 15 is 0 Å². The van der Waals surface area contributed by atoms with Crippen LogP contribution in [0, 0.1) is 23.2 Å². The summed E-state index contributed by atoms with van der Waals surface area (Å²) >= 11 is 0. The van der Waals surface area contributed by atoms with Crippen LogP contribution in [0.1, 0.15) is 24.6 Å². The van der Waals surface area contributed by atoms with Gasteiger partial charge in [0.15, 0.2) is 0 Å². The molecule has 1 N–H and O–H groups in total. The number of pyridine rings is 1. The van der Waals surface area contributed by atoms with Crippen LogP contribution in [-0.2, 0) is 6.54 Å². The molecule has 0 aromatic carbocycles. The molecule has 3 unspecified atom stereocenters. The summed E-state index contributed by atoms with van der Waals surface area (Å²) in [5.74, 6) is 1.62. The van der Waals surface area contributed by atoms with Crippen molar-refractivity contribution in [2.75, 3.05) is 19.6 Å². The molecule has 3 heterocycles. The van der Waals surface area contributed by atoms with E-state index in [9.17, 15) is 0 Å². The molecular weight excluding hydrogens is 236 g/mol. The maximum Gasteiger partial charge on any atom is 0.140 e. The standard InChI is InChI=1S/C15H20N4/c1-2-15-14-8-17-7-12(14)10-19(15)9-11-3-4-18-13(5-11)6-16/h3-5,12,14-15,17H,2,7-10H2,1H3. The van der Waals surface area contributed by atoms with Gasteiger partial charge in [0.05, 0.1) is 0 Å². The van der Waals surface area contributed by atoms with Gasteiger partial charge in [-0.2, -0.15) is 5.26 Å². The maximum absolute atomic E-state index is 8.92. The summed E-state index contributed by atoms with van der Waals surface area (Å²) in [6.45, 7) is 6.74. The lowest BCUT2D eigenvalue weighted by Crippen LogP contribution is -2.34. The van der Waals surface area contributed by atoms with Crippen LogP contribution in [0.3, 0.4) is 0 Å². The molecular formula is C15H20N4. The van der Waals surface area contributed by atoms with Crippen LogP contribution in [0.2, 0.25) is 0 Å². The van der Waals surface area contributed by atoms with Crippen molar-refractivity contribution < 1.29 is 0 Å². The van der Waals surface area contributed by atoms with E-state index in [1.807, 2.05) is 12.1 Å². The van der Waals surface area contributed by atoms with Crippen LogP contribution >= 0.6 is 0 Å². The lowest BCUT2D eigenvalue weighted by atomic mass is 9.93. The molecule has 0 amide bonds. The van der Waals surface area contributed by atoms with Crippen LogP contribution in [0.15, 0.2) is 18.3 Å². The number of fused-ring (bicyclic) bond motifs is 1. The van der Waals surface area contributed by atoms with Gasteiger partial charge in [0.1, 0.15) is 11.8 Å². The molecule has 0 bridgehead atoms. The number of nitrogens with one attached hydrogen (secondary N) is 1. The second-order valence-electron chi connectivity index (χ2n) is 5.65. The van der Waals surface area contributed by atoms with E-state index in [2.05, 4.69) is 28.2 Å². The summed E-state index contributed by atoms with van der Waals surface area (Å²) < 4.78 is 0. The molecule has 0 saturated carbocycles. The largest absolute Gasteiger partial charge is 0.316 e. The van der Waals surface area contributed by atoms with Crippen molar-refractivity contribution in [1.29, 1.82) is 5.26 Å². The molecule has 4 heteroatoms. The number of hydrogen-bond donors (Lipinski definition) is 1. The summed E-state index contributed by atoms with van der Waals surface area (Å²) in [5.41, 5.74) is 1.73. The molecule has 4 nitrogen and oxygen atoms in total. The summed E-state index contributed by atoms with van der Waals surface area (Å²) in [6.07, 6.45) is 2.95. The van der Waals surface area contributed by atoms with Crippen molar-refractivity contribution in [3.05, 3.63) is 29.6 Å². The smallest absolute Gasteiger partial charge is 0.140 e. The van der Waals surface area contributed by atoms with Crippen LogP contribution < -0.4 is 5.32 Å². The Morgan fingerprint density at radius 2 is 2.42 bits per heavy atom. The molecule has 3 rings (SSSR count). The minimum Gasteiger partial charge on any atom is -0.316 e. The predicted octanol–water partition coefficient (Wildman–Crippen LogP) is 1.38. The Morgan fingerprint density at radius 1 is 1.53 bits per heavy atom. The molecule has 19 heavy (non-hydrogen) atoms. The van der Waals surface area contributed by atoms with Gasteiger partial charge in [-0.25, -0.2) is 4.98 Å². The second kappa shape index (κ2) is 5.28. The van der Waals surface area contributed by atoms with Gasteiger partial charge in [-0.05, 0) is 49.0 Å². The van der Waals surface area contributed by atoms with Crippen molar-refractivity contribution in [2.24, 2.45) is 11.8 Å². The third-order valence-electron chi connectivity index (χ3n) is 4.57. The second-order valence-corrected chi connectivity index (χ2v) is 5.65. The summed E-state index contributed by atoms with van der Waals surface area (Å²) in [4.78, 5) is 6.63. The SMILES string of the molecule is CCC1C2CNCC2CN1Cc1ccnc(C#N)c1. The van der Waals surface area contributed by atoms with E-state index in [-0.39, 0.29) is 0 Å². The molecule has 2 aliphatic rings. The van der Waals surface area contributed by atoms with Crippen molar-refractivity contribution in [2.45, 2.75) is 25.9 Å². The zero-order valence-corrected chi connectivity index (χ0v) is 11.3. The molecule has 3 atom stereocenters. The molecule has 0 aliphatic carbocycles. The molecule has 0 spiro atoms. The Hall–Kier alpha value is -1.44. The van der Waals surface area contributed by atoms with Crippen LogP contribution in [0.4, 0.5) is 0 Å². The third kappa shape index (κ3) is 2.36. The summed E-state index contributed by atoms with van der Waals surface area (Å²) in [7, 11) is 0. The number of rotatable bonds is 3. The average molecular weight is 256 g/mol. The van der Waals surface area contributed by atoms with Gasteiger partial charge in [0.2, 0.25) is 0 Å². The first-order valence-corrected chi connectivity index (χ1v) is 7.11.